The van der Waals surface area contributed by atoms with Crippen LogP contribution in [0.1, 0.15) is 16.3 Å². The molecule has 0 aliphatic rings. The molecule has 0 bridgehead atoms. The summed E-state index contributed by atoms with van der Waals surface area (Å²) in [6.45, 7) is 1.98. The molecule has 11 heavy (non-hydrogen) atoms. The maximum absolute atomic E-state index is 8.55. The topological polar surface area (TPSA) is 53.4 Å². The number of rotatable bonds is 3. The summed E-state index contributed by atoms with van der Waals surface area (Å²) in [7, 11) is 0. The highest BCUT2D eigenvalue weighted by molar-refractivity contribution is 7.11. The van der Waals surface area contributed by atoms with Crippen molar-refractivity contribution in [1.29, 1.82) is 0 Å². The van der Waals surface area contributed by atoms with Crippen LogP contribution in [0.5, 0.6) is 0 Å². The molecule has 62 valence electrons. The van der Waals surface area contributed by atoms with Gasteiger partial charge in [0.2, 0.25) is 0 Å². The SMILES string of the molecule is Cc1cnc(CCC(O)O)s1. The van der Waals surface area contributed by atoms with Gasteiger partial charge in [0.15, 0.2) is 6.29 Å². The zero-order valence-corrected chi connectivity index (χ0v) is 7.14. The second-order valence-electron chi connectivity index (χ2n) is 2.38. The number of aromatic nitrogens is 1. The monoisotopic (exact) mass is 173 g/mol. The van der Waals surface area contributed by atoms with Crippen molar-refractivity contribution in [2.45, 2.75) is 26.1 Å². The van der Waals surface area contributed by atoms with Gasteiger partial charge in [-0.3, -0.25) is 0 Å². The van der Waals surface area contributed by atoms with E-state index in [0.29, 0.717) is 12.8 Å². The molecule has 0 amide bonds. The lowest BCUT2D eigenvalue weighted by molar-refractivity contribution is -0.0447. The lowest BCUT2D eigenvalue weighted by Gasteiger charge is -1.98. The third-order valence-electron chi connectivity index (χ3n) is 1.29. The Balaban J connectivity index is 2.39. The zero-order valence-electron chi connectivity index (χ0n) is 6.32. The standard InChI is InChI=1S/C7H11NO2S/c1-5-4-8-6(11-5)2-3-7(9)10/h4,7,9-10H,2-3H2,1H3. The summed E-state index contributed by atoms with van der Waals surface area (Å²) >= 11 is 1.60. The van der Waals surface area contributed by atoms with Gasteiger partial charge in [0, 0.05) is 23.9 Å². The van der Waals surface area contributed by atoms with Crippen molar-refractivity contribution in [3.05, 3.63) is 16.1 Å². The summed E-state index contributed by atoms with van der Waals surface area (Å²) in [5.41, 5.74) is 0. The first kappa shape index (κ1) is 8.64. The highest BCUT2D eigenvalue weighted by Crippen LogP contribution is 2.13. The summed E-state index contributed by atoms with van der Waals surface area (Å²) in [5.74, 6) is 0. The highest BCUT2D eigenvalue weighted by Gasteiger charge is 2.01. The number of aliphatic hydroxyl groups excluding tert-OH is 1. The summed E-state index contributed by atoms with van der Waals surface area (Å²) in [4.78, 5) is 5.24. The van der Waals surface area contributed by atoms with E-state index in [1.165, 1.54) is 0 Å². The van der Waals surface area contributed by atoms with E-state index >= 15 is 0 Å². The molecule has 0 atom stereocenters. The number of hydrogen-bond acceptors (Lipinski definition) is 4. The Morgan fingerprint density at radius 3 is 2.82 bits per heavy atom. The fourth-order valence-electron chi connectivity index (χ4n) is 0.770. The van der Waals surface area contributed by atoms with E-state index in [1.807, 2.05) is 6.92 Å². The Bertz CT molecular complexity index is 222. The van der Waals surface area contributed by atoms with Crippen molar-refractivity contribution < 1.29 is 10.2 Å². The predicted octanol–water partition coefficient (Wildman–Crippen LogP) is 0.695. The molecule has 0 spiro atoms. The van der Waals surface area contributed by atoms with E-state index in [2.05, 4.69) is 4.98 Å². The summed E-state index contributed by atoms with van der Waals surface area (Å²) in [6.07, 6.45) is 1.60. The molecule has 1 aromatic heterocycles. The largest absolute Gasteiger partial charge is 0.368 e. The molecule has 0 aliphatic carbocycles. The Morgan fingerprint density at radius 2 is 2.36 bits per heavy atom. The molecule has 2 N–H and O–H groups in total. The molecule has 1 rings (SSSR count). The van der Waals surface area contributed by atoms with Gasteiger partial charge in [-0.15, -0.1) is 11.3 Å². The molecule has 0 aromatic carbocycles. The van der Waals surface area contributed by atoms with Crippen LogP contribution in [0.4, 0.5) is 0 Å². The average molecular weight is 173 g/mol. The van der Waals surface area contributed by atoms with Gasteiger partial charge >= 0.3 is 0 Å². The first-order valence-electron chi connectivity index (χ1n) is 3.46. The van der Waals surface area contributed by atoms with E-state index in [0.717, 1.165) is 9.88 Å². The number of aryl methyl sites for hydroxylation is 2. The second-order valence-corrected chi connectivity index (χ2v) is 3.70. The first-order valence-corrected chi connectivity index (χ1v) is 4.27. The van der Waals surface area contributed by atoms with Crippen molar-refractivity contribution >= 4 is 11.3 Å². The van der Waals surface area contributed by atoms with Gasteiger partial charge in [-0.05, 0) is 6.92 Å². The highest BCUT2D eigenvalue weighted by atomic mass is 32.1. The number of aliphatic hydroxyl groups is 2. The van der Waals surface area contributed by atoms with Gasteiger partial charge in [0.25, 0.3) is 0 Å². The average Bonchev–Trinajstić information content (AvgIpc) is 2.31. The van der Waals surface area contributed by atoms with Gasteiger partial charge in [0.05, 0.1) is 5.01 Å². The Hall–Kier alpha value is -0.450. The molecule has 4 heteroatoms. The van der Waals surface area contributed by atoms with Gasteiger partial charge in [-0.25, -0.2) is 4.98 Å². The smallest absolute Gasteiger partial charge is 0.151 e. The molecule has 1 aromatic rings. The fourth-order valence-corrected chi connectivity index (χ4v) is 1.57. The summed E-state index contributed by atoms with van der Waals surface area (Å²) in [6, 6.07) is 0. The number of thiazole rings is 1. The van der Waals surface area contributed by atoms with Crippen LogP contribution >= 0.6 is 11.3 Å². The quantitative estimate of drug-likeness (QED) is 0.661. The van der Waals surface area contributed by atoms with Gasteiger partial charge in [0.1, 0.15) is 0 Å². The predicted molar refractivity (Wildman–Crippen MR) is 43.4 cm³/mol. The van der Waals surface area contributed by atoms with Crippen molar-refractivity contribution in [3.8, 4) is 0 Å². The Labute approximate surface area is 69.3 Å². The second kappa shape index (κ2) is 3.80. The van der Waals surface area contributed by atoms with Crippen LogP contribution in [0.15, 0.2) is 6.20 Å². The van der Waals surface area contributed by atoms with Crippen LogP contribution in [0.3, 0.4) is 0 Å². The van der Waals surface area contributed by atoms with E-state index in [1.54, 1.807) is 17.5 Å². The normalized spacial score (nSPS) is 10.9. The van der Waals surface area contributed by atoms with Crippen LogP contribution in [-0.2, 0) is 6.42 Å². The van der Waals surface area contributed by atoms with E-state index in [9.17, 15) is 0 Å². The minimum atomic E-state index is -1.21. The van der Waals surface area contributed by atoms with Crippen molar-refractivity contribution in [2.24, 2.45) is 0 Å². The van der Waals surface area contributed by atoms with E-state index in [4.69, 9.17) is 10.2 Å². The maximum Gasteiger partial charge on any atom is 0.151 e. The van der Waals surface area contributed by atoms with Crippen LogP contribution in [0.25, 0.3) is 0 Å². The zero-order chi connectivity index (χ0) is 8.27. The van der Waals surface area contributed by atoms with E-state index < -0.39 is 6.29 Å². The first-order chi connectivity index (χ1) is 5.18. The number of nitrogens with zero attached hydrogens (tertiary/aromatic N) is 1. The summed E-state index contributed by atoms with van der Waals surface area (Å²) < 4.78 is 0. The van der Waals surface area contributed by atoms with Crippen LogP contribution in [0, 0.1) is 6.92 Å². The summed E-state index contributed by atoms with van der Waals surface area (Å²) in [5, 5.41) is 18.1. The molecular formula is C7H11NO2S. The third-order valence-corrected chi connectivity index (χ3v) is 2.26. The molecule has 3 nitrogen and oxygen atoms in total. The Kier molecular flexibility index (Phi) is 2.99. The third kappa shape index (κ3) is 2.96. The lowest BCUT2D eigenvalue weighted by atomic mass is 10.3. The molecule has 0 saturated carbocycles. The minimum Gasteiger partial charge on any atom is -0.368 e. The Morgan fingerprint density at radius 1 is 1.64 bits per heavy atom. The molecule has 0 saturated heterocycles. The van der Waals surface area contributed by atoms with E-state index in [-0.39, 0.29) is 0 Å². The number of hydrogen-bond donors (Lipinski definition) is 2. The minimum absolute atomic E-state index is 0.368. The maximum atomic E-state index is 8.55. The lowest BCUT2D eigenvalue weighted by Crippen LogP contribution is -2.04. The molecule has 0 aliphatic heterocycles. The van der Waals surface area contributed by atoms with Crippen LogP contribution < -0.4 is 0 Å². The van der Waals surface area contributed by atoms with Crippen molar-refractivity contribution in [1.82, 2.24) is 4.98 Å². The molecular weight excluding hydrogens is 162 g/mol. The van der Waals surface area contributed by atoms with Crippen molar-refractivity contribution in [3.63, 3.8) is 0 Å². The fraction of sp³-hybridized carbons (Fsp3) is 0.571. The van der Waals surface area contributed by atoms with Gasteiger partial charge < -0.3 is 10.2 Å². The van der Waals surface area contributed by atoms with Crippen LogP contribution in [0.2, 0.25) is 0 Å². The van der Waals surface area contributed by atoms with Crippen molar-refractivity contribution in [2.75, 3.05) is 0 Å². The van der Waals surface area contributed by atoms with Gasteiger partial charge in [-0.1, -0.05) is 0 Å². The van der Waals surface area contributed by atoms with Crippen LogP contribution in [-0.4, -0.2) is 21.5 Å². The molecule has 0 fully saturated rings. The molecule has 0 radical (unpaired) electrons. The van der Waals surface area contributed by atoms with Gasteiger partial charge in [-0.2, -0.15) is 0 Å². The molecule has 1 heterocycles. The molecule has 0 unspecified atom stereocenters.